The lowest BCUT2D eigenvalue weighted by atomic mass is 9.96. The Hall–Kier alpha value is -0.610. The molecular formula is C12H23NO3. The molecule has 0 radical (unpaired) electrons. The van der Waals surface area contributed by atoms with Gasteiger partial charge < -0.3 is 14.7 Å². The quantitative estimate of drug-likeness (QED) is 0.783. The third kappa shape index (κ3) is 3.76. The van der Waals surface area contributed by atoms with Crippen LogP contribution in [0, 0.1) is 5.92 Å². The van der Waals surface area contributed by atoms with Gasteiger partial charge in [0, 0.05) is 26.6 Å². The lowest BCUT2D eigenvalue weighted by Gasteiger charge is -2.34. The molecule has 1 fully saturated rings. The zero-order valence-corrected chi connectivity index (χ0v) is 10.5. The van der Waals surface area contributed by atoms with Gasteiger partial charge in [-0.05, 0) is 25.7 Å². The van der Waals surface area contributed by atoms with Gasteiger partial charge in [-0.3, -0.25) is 4.79 Å². The fraction of sp³-hybridized carbons (Fsp3) is 0.917. The second-order valence-corrected chi connectivity index (χ2v) is 4.76. The average molecular weight is 229 g/mol. The van der Waals surface area contributed by atoms with Crippen LogP contribution in [0.5, 0.6) is 0 Å². The standard InChI is InChI=1S/C12H23NO3/c1-9-8-13(7-6-11(9)14)12(15)5-4-10(2)16-3/h9-11,14H,4-8H2,1-3H3. The molecule has 1 amide bonds. The first kappa shape index (κ1) is 13.5. The Kier molecular flexibility index (Phi) is 5.22. The number of methoxy groups -OCH3 is 1. The number of hydrogen-bond acceptors (Lipinski definition) is 3. The van der Waals surface area contributed by atoms with E-state index in [1.165, 1.54) is 0 Å². The second kappa shape index (κ2) is 6.21. The number of likely N-dealkylation sites (tertiary alicyclic amines) is 1. The molecule has 4 heteroatoms. The van der Waals surface area contributed by atoms with Gasteiger partial charge in [-0.15, -0.1) is 0 Å². The molecule has 1 heterocycles. The Morgan fingerprint density at radius 3 is 2.88 bits per heavy atom. The van der Waals surface area contributed by atoms with E-state index in [0.717, 1.165) is 6.42 Å². The maximum Gasteiger partial charge on any atom is 0.222 e. The minimum atomic E-state index is -0.248. The Bertz CT molecular complexity index is 232. The first-order chi connectivity index (χ1) is 7.54. The molecule has 1 aliphatic heterocycles. The van der Waals surface area contributed by atoms with Gasteiger partial charge in [0.1, 0.15) is 0 Å². The van der Waals surface area contributed by atoms with Crippen LogP contribution >= 0.6 is 0 Å². The molecule has 3 atom stereocenters. The van der Waals surface area contributed by atoms with E-state index in [4.69, 9.17) is 4.74 Å². The van der Waals surface area contributed by atoms with E-state index in [-0.39, 0.29) is 24.0 Å². The van der Waals surface area contributed by atoms with Crippen molar-refractivity contribution in [2.24, 2.45) is 5.92 Å². The summed E-state index contributed by atoms with van der Waals surface area (Å²) >= 11 is 0. The third-order valence-electron chi connectivity index (χ3n) is 3.38. The van der Waals surface area contributed by atoms with E-state index in [9.17, 15) is 9.90 Å². The molecule has 1 saturated heterocycles. The van der Waals surface area contributed by atoms with Crippen LogP contribution in [-0.4, -0.2) is 48.3 Å². The maximum absolute atomic E-state index is 11.9. The van der Waals surface area contributed by atoms with Crippen molar-refractivity contribution in [3.05, 3.63) is 0 Å². The number of hydrogen-bond donors (Lipinski definition) is 1. The van der Waals surface area contributed by atoms with Crippen molar-refractivity contribution in [1.82, 2.24) is 4.90 Å². The summed E-state index contributed by atoms with van der Waals surface area (Å²) in [7, 11) is 1.66. The highest BCUT2D eigenvalue weighted by molar-refractivity contribution is 5.76. The molecule has 0 aromatic carbocycles. The molecule has 4 nitrogen and oxygen atoms in total. The van der Waals surface area contributed by atoms with E-state index < -0.39 is 0 Å². The van der Waals surface area contributed by atoms with Crippen molar-refractivity contribution in [2.45, 2.75) is 45.3 Å². The Labute approximate surface area is 97.6 Å². The van der Waals surface area contributed by atoms with Gasteiger partial charge in [0.2, 0.25) is 5.91 Å². The molecule has 0 aliphatic carbocycles. The summed E-state index contributed by atoms with van der Waals surface area (Å²) in [5.74, 6) is 0.375. The van der Waals surface area contributed by atoms with Crippen LogP contribution in [0.2, 0.25) is 0 Å². The summed E-state index contributed by atoms with van der Waals surface area (Å²) in [4.78, 5) is 13.7. The smallest absolute Gasteiger partial charge is 0.222 e. The van der Waals surface area contributed by atoms with Crippen LogP contribution in [0.4, 0.5) is 0 Å². The van der Waals surface area contributed by atoms with Gasteiger partial charge >= 0.3 is 0 Å². The number of ether oxygens (including phenoxy) is 1. The average Bonchev–Trinajstić information content (AvgIpc) is 2.29. The van der Waals surface area contributed by atoms with Crippen molar-refractivity contribution < 1.29 is 14.6 Å². The van der Waals surface area contributed by atoms with Crippen LogP contribution < -0.4 is 0 Å². The molecule has 1 rings (SSSR count). The zero-order valence-electron chi connectivity index (χ0n) is 10.5. The Morgan fingerprint density at radius 2 is 2.31 bits per heavy atom. The van der Waals surface area contributed by atoms with Gasteiger partial charge in [-0.25, -0.2) is 0 Å². The van der Waals surface area contributed by atoms with E-state index >= 15 is 0 Å². The number of piperidine rings is 1. The van der Waals surface area contributed by atoms with Crippen LogP contribution in [-0.2, 0) is 9.53 Å². The summed E-state index contributed by atoms with van der Waals surface area (Å²) in [6.07, 6.45) is 1.89. The summed E-state index contributed by atoms with van der Waals surface area (Å²) < 4.78 is 5.12. The second-order valence-electron chi connectivity index (χ2n) is 4.76. The zero-order chi connectivity index (χ0) is 12.1. The number of aliphatic hydroxyl groups excluding tert-OH is 1. The van der Waals surface area contributed by atoms with Crippen LogP contribution in [0.1, 0.15) is 33.1 Å². The van der Waals surface area contributed by atoms with Gasteiger partial charge in [0.15, 0.2) is 0 Å². The van der Waals surface area contributed by atoms with Crippen molar-refractivity contribution in [3.8, 4) is 0 Å². The third-order valence-corrected chi connectivity index (χ3v) is 3.38. The van der Waals surface area contributed by atoms with Crippen molar-refractivity contribution in [3.63, 3.8) is 0 Å². The molecule has 0 aromatic heterocycles. The van der Waals surface area contributed by atoms with Crippen molar-refractivity contribution >= 4 is 5.91 Å². The topological polar surface area (TPSA) is 49.8 Å². The highest BCUT2D eigenvalue weighted by atomic mass is 16.5. The Balaban J connectivity index is 2.32. The molecule has 0 spiro atoms. The predicted molar refractivity (Wildman–Crippen MR) is 62.1 cm³/mol. The minimum absolute atomic E-state index is 0.136. The normalized spacial score (nSPS) is 27.9. The molecule has 94 valence electrons. The van der Waals surface area contributed by atoms with Gasteiger partial charge in [0.25, 0.3) is 0 Å². The van der Waals surface area contributed by atoms with Crippen LogP contribution in [0.15, 0.2) is 0 Å². The fourth-order valence-corrected chi connectivity index (χ4v) is 1.96. The molecular weight excluding hydrogens is 206 g/mol. The van der Waals surface area contributed by atoms with E-state index in [1.807, 2.05) is 18.7 Å². The number of amides is 1. The van der Waals surface area contributed by atoms with Crippen LogP contribution in [0.3, 0.4) is 0 Å². The minimum Gasteiger partial charge on any atom is -0.393 e. The van der Waals surface area contributed by atoms with E-state index in [0.29, 0.717) is 25.9 Å². The van der Waals surface area contributed by atoms with Crippen molar-refractivity contribution in [2.75, 3.05) is 20.2 Å². The fourth-order valence-electron chi connectivity index (χ4n) is 1.96. The highest BCUT2D eigenvalue weighted by Gasteiger charge is 2.26. The molecule has 3 unspecified atom stereocenters. The largest absolute Gasteiger partial charge is 0.393 e. The SMILES string of the molecule is COC(C)CCC(=O)N1CCC(O)C(C)C1. The number of carbonyl (C=O) groups excluding carboxylic acids is 1. The number of rotatable bonds is 4. The Morgan fingerprint density at radius 1 is 1.62 bits per heavy atom. The van der Waals surface area contributed by atoms with Crippen LogP contribution in [0.25, 0.3) is 0 Å². The number of aliphatic hydroxyl groups is 1. The maximum atomic E-state index is 11.9. The summed E-state index contributed by atoms with van der Waals surface area (Å²) in [6, 6.07) is 0. The van der Waals surface area contributed by atoms with Gasteiger partial charge in [-0.2, -0.15) is 0 Å². The first-order valence-corrected chi connectivity index (χ1v) is 6.03. The summed E-state index contributed by atoms with van der Waals surface area (Å²) in [5.41, 5.74) is 0. The molecule has 0 aromatic rings. The number of nitrogens with zero attached hydrogens (tertiary/aromatic N) is 1. The molecule has 1 N–H and O–H groups in total. The summed E-state index contributed by atoms with van der Waals surface area (Å²) in [5, 5.41) is 9.58. The van der Waals surface area contributed by atoms with Gasteiger partial charge in [0.05, 0.1) is 12.2 Å². The number of carbonyl (C=O) groups is 1. The van der Waals surface area contributed by atoms with Gasteiger partial charge in [-0.1, -0.05) is 6.92 Å². The first-order valence-electron chi connectivity index (χ1n) is 6.03. The van der Waals surface area contributed by atoms with Crippen molar-refractivity contribution in [1.29, 1.82) is 0 Å². The molecule has 1 aliphatic rings. The highest BCUT2D eigenvalue weighted by Crippen LogP contribution is 2.17. The summed E-state index contributed by atoms with van der Waals surface area (Å²) in [6.45, 7) is 5.32. The van der Waals surface area contributed by atoms with E-state index in [2.05, 4.69) is 0 Å². The molecule has 0 bridgehead atoms. The van der Waals surface area contributed by atoms with E-state index in [1.54, 1.807) is 7.11 Å². The monoisotopic (exact) mass is 229 g/mol. The lowest BCUT2D eigenvalue weighted by Crippen LogP contribution is -2.45. The molecule has 16 heavy (non-hydrogen) atoms. The predicted octanol–water partition coefficient (Wildman–Crippen LogP) is 1.03. The molecule has 0 saturated carbocycles. The lowest BCUT2D eigenvalue weighted by molar-refractivity contribution is -0.135.